The van der Waals surface area contributed by atoms with Gasteiger partial charge in [-0.25, -0.2) is 0 Å². The van der Waals surface area contributed by atoms with Crippen molar-refractivity contribution in [2.75, 3.05) is 6.54 Å². The van der Waals surface area contributed by atoms with E-state index < -0.39 is 5.60 Å². The molecule has 0 aromatic heterocycles. The summed E-state index contributed by atoms with van der Waals surface area (Å²) in [5.41, 5.74) is 6.56. The summed E-state index contributed by atoms with van der Waals surface area (Å²) in [6.45, 7) is 3.97. The van der Waals surface area contributed by atoms with Gasteiger partial charge in [-0.2, -0.15) is 0 Å². The van der Waals surface area contributed by atoms with Crippen molar-refractivity contribution in [3.8, 4) is 0 Å². The minimum Gasteiger partial charge on any atom is -0.384 e. The van der Waals surface area contributed by atoms with Crippen LogP contribution < -0.4 is 5.73 Å². The van der Waals surface area contributed by atoms with Crippen molar-refractivity contribution in [1.29, 1.82) is 0 Å². The standard InChI is InChI=1S/C10H15NO/c1-8-4-3-5-9(6-8)10(2,12)7-11/h3-6,12H,7,11H2,1-2H3/t10-/m1/s1. The fraction of sp³-hybridized carbons (Fsp3) is 0.400. The Bertz CT molecular complexity index is 268. The van der Waals surface area contributed by atoms with Crippen molar-refractivity contribution >= 4 is 0 Å². The highest BCUT2D eigenvalue weighted by Crippen LogP contribution is 2.19. The Morgan fingerprint density at radius 3 is 2.67 bits per heavy atom. The Hall–Kier alpha value is -0.860. The lowest BCUT2D eigenvalue weighted by Crippen LogP contribution is -2.31. The number of aryl methyl sites for hydroxylation is 1. The van der Waals surface area contributed by atoms with Gasteiger partial charge in [0.1, 0.15) is 0 Å². The molecular weight excluding hydrogens is 150 g/mol. The summed E-state index contributed by atoms with van der Waals surface area (Å²) in [6, 6.07) is 7.76. The molecule has 2 heteroatoms. The fourth-order valence-electron chi connectivity index (χ4n) is 1.10. The molecule has 0 aliphatic rings. The van der Waals surface area contributed by atoms with Crippen molar-refractivity contribution in [1.82, 2.24) is 0 Å². The largest absolute Gasteiger partial charge is 0.384 e. The maximum Gasteiger partial charge on any atom is 0.0990 e. The molecule has 1 atom stereocenters. The molecule has 0 amide bonds. The Balaban J connectivity index is 3.03. The highest BCUT2D eigenvalue weighted by atomic mass is 16.3. The van der Waals surface area contributed by atoms with E-state index in [2.05, 4.69) is 0 Å². The van der Waals surface area contributed by atoms with Crippen LogP contribution in [0.4, 0.5) is 0 Å². The topological polar surface area (TPSA) is 46.2 Å². The minimum atomic E-state index is -0.897. The van der Waals surface area contributed by atoms with Gasteiger partial charge in [0.2, 0.25) is 0 Å². The van der Waals surface area contributed by atoms with Gasteiger partial charge in [0.25, 0.3) is 0 Å². The predicted molar refractivity (Wildman–Crippen MR) is 49.8 cm³/mol. The molecule has 0 fully saturated rings. The van der Waals surface area contributed by atoms with Crippen molar-refractivity contribution in [3.63, 3.8) is 0 Å². The van der Waals surface area contributed by atoms with E-state index in [0.717, 1.165) is 11.1 Å². The van der Waals surface area contributed by atoms with Gasteiger partial charge < -0.3 is 10.8 Å². The average molecular weight is 165 g/mol. The zero-order valence-corrected chi connectivity index (χ0v) is 7.54. The van der Waals surface area contributed by atoms with Crippen molar-refractivity contribution in [2.45, 2.75) is 19.4 Å². The summed E-state index contributed by atoms with van der Waals surface area (Å²) >= 11 is 0. The van der Waals surface area contributed by atoms with Crippen LogP contribution in [0.3, 0.4) is 0 Å². The molecule has 0 heterocycles. The molecule has 0 radical (unpaired) electrons. The highest BCUT2D eigenvalue weighted by Gasteiger charge is 2.20. The molecule has 0 bridgehead atoms. The second-order valence-corrected chi connectivity index (χ2v) is 3.35. The third-order valence-electron chi connectivity index (χ3n) is 2.04. The van der Waals surface area contributed by atoms with E-state index in [1.165, 1.54) is 0 Å². The normalized spacial score (nSPS) is 15.7. The number of aliphatic hydroxyl groups is 1. The molecule has 2 nitrogen and oxygen atoms in total. The average Bonchev–Trinajstić information content (AvgIpc) is 2.05. The molecule has 0 spiro atoms. The molecule has 1 aromatic carbocycles. The summed E-state index contributed by atoms with van der Waals surface area (Å²) in [6.07, 6.45) is 0. The summed E-state index contributed by atoms with van der Waals surface area (Å²) in [5, 5.41) is 9.79. The van der Waals surface area contributed by atoms with Crippen LogP contribution in [-0.4, -0.2) is 11.7 Å². The Morgan fingerprint density at radius 2 is 2.17 bits per heavy atom. The highest BCUT2D eigenvalue weighted by molar-refractivity contribution is 5.27. The van der Waals surface area contributed by atoms with E-state index in [1.807, 2.05) is 31.2 Å². The van der Waals surface area contributed by atoms with Gasteiger partial charge in [0.05, 0.1) is 5.60 Å². The SMILES string of the molecule is Cc1cccc([C@](C)(O)CN)c1. The molecule has 66 valence electrons. The molecular formula is C10H15NO. The summed E-state index contributed by atoms with van der Waals surface area (Å²) < 4.78 is 0. The third-order valence-corrected chi connectivity index (χ3v) is 2.04. The smallest absolute Gasteiger partial charge is 0.0990 e. The molecule has 0 unspecified atom stereocenters. The first kappa shape index (κ1) is 9.23. The van der Waals surface area contributed by atoms with E-state index in [4.69, 9.17) is 5.73 Å². The van der Waals surface area contributed by atoms with Gasteiger partial charge in [-0.15, -0.1) is 0 Å². The van der Waals surface area contributed by atoms with Crippen LogP contribution in [0, 0.1) is 6.92 Å². The lowest BCUT2D eigenvalue weighted by Gasteiger charge is -2.21. The molecule has 0 saturated carbocycles. The molecule has 3 N–H and O–H groups in total. The van der Waals surface area contributed by atoms with Gasteiger partial charge >= 0.3 is 0 Å². The third kappa shape index (κ3) is 1.84. The zero-order valence-electron chi connectivity index (χ0n) is 7.54. The van der Waals surface area contributed by atoms with Gasteiger partial charge in [-0.05, 0) is 19.4 Å². The van der Waals surface area contributed by atoms with Crippen molar-refractivity contribution in [2.24, 2.45) is 5.73 Å². The van der Waals surface area contributed by atoms with E-state index in [9.17, 15) is 5.11 Å². The second kappa shape index (κ2) is 3.25. The maximum atomic E-state index is 9.79. The Morgan fingerprint density at radius 1 is 1.50 bits per heavy atom. The van der Waals surface area contributed by atoms with E-state index in [-0.39, 0.29) is 6.54 Å². The first-order chi connectivity index (χ1) is 5.56. The Labute approximate surface area is 73.0 Å². The summed E-state index contributed by atoms with van der Waals surface area (Å²) in [4.78, 5) is 0. The maximum absolute atomic E-state index is 9.79. The first-order valence-corrected chi connectivity index (χ1v) is 4.06. The Kier molecular flexibility index (Phi) is 2.50. The number of nitrogens with two attached hydrogens (primary N) is 1. The number of hydrogen-bond donors (Lipinski definition) is 2. The zero-order chi connectivity index (χ0) is 9.19. The van der Waals surface area contributed by atoms with Gasteiger partial charge in [-0.1, -0.05) is 29.8 Å². The van der Waals surface area contributed by atoms with Gasteiger partial charge in [0.15, 0.2) is 0 Å². The number of rotatable bonds is 2. The van der Waals surface area contributed by atoms with E-state index in [1.54, 1.807) is 6.92 Å². The quantitative estimate of drug-likeness (QED) is 0.690. The lowest BCUT2D eigenvalue weighted by molar-refractivity contribution is 0.0668. The minimum absolute atomic E-state index is 0.246. The molecule has 0 aliphatic heterocycles. The van der Waals surface area contributed by atoms with Crippen LogP contribution in [0.2, 0.25) is 0 Å². The van der Waals surface area contributed by atoms with Crippen LogP contribution >= 0.6 is 0 Å². The fourth-order valence-corrected chi connectivity index (χ4v) is 1.10. The van der Waals surface area contributed by atoms with Gasteiger partial charge in [0, 0.05) is 6.54 Å². The van der Waals surface area contributed by atoms with Crippen molar-refractivity contribution < 1.29 is 5.11 Å². The summed E-state index contributed by atoms with van der Waals surface area (Å²) in [7, 11) is 0. The van der Waals surface area contributed by atoms with E-state index in [0.29, 0.717) is 0 Å². The van der Waals surface area contributed by atoms with Crippen LogP contribution in [0.1, 0.15) is 18.1 Å². The van der Waals surface area contributed by atoms with Crippen LogP contribution in [-0.2, 0) is 5.60 Å². The lowest BCUT2D eigenvalue weighted by atomic mass is 9.95. The molecule has 0 saturated heterocycles. The predicted octanol–water partition coefficient (Wildman–Crippen LogP) is 1.16. The molecule has 1 rings (SSSR count). The van der Waals surface area contributed by atoms with Crippen LogP contribution in [0.25, 0.3) is 0 Å². The number of hydrogen-bond acceptors (Lipinski definition) is 2. The summed E-state index contributed by atoms with van der Waals surface area (Å²) in [5.74, 6) is 0. The molecule has 1 aromatic rings. The van der Waals surface area contributed by atoms with Crippen LogP contribution in [0.15, 0.2) is 24.3 Å². The first-order valence-electron chi connectivity index (χ1n) is 4.06. The van der Waals surface area contributed by atoms with Crippen molar-refractivity contribution in [3.05, 3.63) is 35.4 Å². The second-order valence-electron chi connectivity index (χ2n) is 3.35. The monoisotopic (exact) mass is 165 g/mol. The van der Waals surface area contributed by atoms with Gasteiger partial charge in [-0.3, -0.25) is 0 Å². The number of benzene rings is 1. The molecule has 12 heavy (non-hydrogen) atoms. The van der Waals surface area contributed by atoms with Crippen LogP contribution in [0.5, 0.6) is 0 Å². The molecule has 0 aliphatic carbocycles. The van der Waals surface area contributed by atoms with E-state index >= 15 is 0 Å².